The van der Waals surface area contributed by atoms with Crippen LogP contribution in [0.3, 0.4) is 0 Å². The van der Waals surface area contributed by atoms with Gasteiger partial charge in [-0.15, -0.1) is 5.10 Å². The topological polar surface area (TPSA) is 65.4 Å². The van der Waals surface area contributed by atoms with Crippen molar-refractivity contribution in [1.82, 2.24) is 15.1 Å². The first kappa shape index (κ1) is 16.3. The molecule has 1 saturated heterocycles. The second-order valence-electron chi connectivity index (χ2n) is 5.73. The molecule has 3 rings (SSSR count). The van der Waals surface area contributed by atoms with Crippen LogP contribution in [0.5, 0.6) is 5.88 Å². The summed E-state index contributed by atoms with van der Waals surface area (Å²) in [6.45, 7) is 3.03. The van der Waals surface area contributed by atoms with Crippen LogP contribution < -0.4 is 10.1 Å². The van der Waals surface area contributed by atoms with Crippen LogP contribution in [0.15, 0.2) is 22.7 Å². The van der Waals surface area contributed by atoms with Gasteiger partial charge < -0.3 is 14.8 Å². The number of carbonyl (C=O) groups is 1. The molecule has 0 spiro atoms. The molecule has 1 N–H and O–H groups in total. The van der Waals surface area contributed by atoms with E-state index in [1.165, 1.54) is 0 Å². The molecule has 0 aliphatic carbocycles. The molecule has 1 aliphatic rings. The van der Waals surface area contributed by atoms with E-state index in [2.05, 4.69) is 26.3 Å². The molecule has 1 amide bonds. The maximum atomic E-state index is 12.2. The van der Waals surface area contributed by atoms with Crippen LogP contribution in [0.4, 0.5) is 0 Å². The van der Waals surface area contributed by atoms with Crippen LogP contribution in [-0.4, -0.2) is 41.0 Å². The summed E-state index contributed by atoms with van der Waals surface area (Å²) in [5.74, 6) is 0.304. The Balaban J connectivity index is 1.66. The number of aromatic nitrogens is 2. The first-order valence-electron chi connectivity index (χ1n) is 7.73. The quantitative estimate of drug-likeness (QED) is 0.863. The zero-order valence-corrected chi connectivity index (χ0v) is 14.8. The van der Waals surface area contributed by atoms with Gasteiger partial charge in [-0.05, 0) is 38.0 Å². The normalized spacial score (nSPS) is 19.0. The van der Waals surface area contributed by atoms with Gasteiger partial charge in [-0.2, -0.15) is 0 Å². The Morgan fingerprint density at radius 1 is 1.61 bits per heavy atom. The molecule has 1 aromatic heterocycles. The summed E-state index contributed by atoms with van der Waals surface area (Å²) in [6, 6.07) is 5.85. The molecule has 2 atom stereocenters. The van der Waals surface area contributed by atoms with Crippen LogP contribution >= 0.6 is 15.9 Å². The number of benzene rings is 1. The van der Waals surface area contributed by atoms with Crippen molar-refractivity contribution in [3.05, 3.63) is 22.7 Å². The van der Waals surface area contributed by atoms with E-state index >= 15 is 0 Å². The number of nitrogens with zero attached hydrogens (tertiary/aromatic N) is 2. The Hall–Kier alpha value is -1.60. The predicted molar refractivity (Wildman–Crippen MR) is 90.5 cm³/mol. The maximum Gasteiger partial charge on any atom is 0.260 e. The minimum atomic E-state index is -0.617. The van der Waals surface area contributed by atoms with E-state index in [0.29, 0.717) is 12.4 Å². The maximum absolute atomic E-state index is 12.2. The summed E-state index contributed by atoms with van der Waals surface area (Å²) in [7, 11) is 1.85. The minimum Gasteiger partial charge on any atom is -0.463 e. The van der Waals surface area contributed by atoms with Crippen molar-refractivity contribution >= 4 is 32.7 Å². The predicted octanol–water partition coefficient (Wildman–Crippen LogP) is 2.40. The van der Waals surface area contributed by atoms with E-state index in [4.69, 9.17) is 9.47 Å². The van der Waals surface area contributed by atoms with Crippen molar-refractivity contribution in [3.63, 3.8) is 0 Å². The Morgan fingerprint density at radius 2 is 2.43 bits per heavy atom. The third-order valence-electron chi connectivity index (χ3n) is 3.96. The Labute approximate surface area is 143 Å². The van der Waals surface area contributed by atoms with E-state index in [1.54, 1.807) is 11.6 Å². The first-order chi connectivity index (χ1) is 11.0. The largest absolute Gasteiger partial charge is 0.463 e. The number of halogens is 1. The Bertz CT molecular complexity index is 710. The standard InChI is InChI=1S/C16H20BrN3O3/c1-10(15(21)18-9-12-4-3-7-22-12)23-16-13-8-11(17)5-6-14(13)20(2)19-16/h5-6,8,10,12H,3-4,7,9H2,1-2H3,(H,18,21)/t10-,12+/m1/s1. The highest BCUT2D eigenvalue weighted by atomic mass is 79.9. The van der Waals surface area contributed by atoms with Crippen molar-refractivity contribution in [3.8, 4) is 5.88 Å². The fraction of sp³-hybridized carbons (Fsp3) is 0.500. The lowest BCUT2D eigenvalue weighted by molar-refractivity contribution is -0.127. The molecule has 0 unspecified atom stereocenters. The minimum absolute atomic E-state index is 0.123. The van der Waals surface area contributed by atoms with Crippen LogP contribution in [0.25, 0.3) is 10.9 Å². The highest BCUT2D eigenvalue weighted by molar-refractivity contribution is 9.10. The second-order valence-corrected chi connectivity index (χ2v) is 6.65. The summed E-state index contributed by atoms with van der Waals surface area (Å²) in [6.07, 6.45) is 1.56. The summed E-state index contributed by atoms with van der Waals surface area (Å²) in [5.41, 5.74) is 0.954. The number of carbonyl (C=O) groups excluding carboxylic acids is 1. The zero-order valence-electron chi connectivity index (χ0n) is 13.2. The van der Waals surface area contributed by atoms with Crippen molar-refractivity contribution in [2.75, 3.05) is 13.2 Å². The van der Waals surface area contributed by atoms with E-state index in [1.807, 2.05) is 25.2 Å². The molecule has 6 nitrogen and oxygen atoms in total. The number of rotatable bonds is 5. The van der Waals surface area contributed by atoms with Gasteiger partial charge in [-0.25, -0.2) is 0 Å². The van der Waals surface area contributed by atoms with Gasteiger partial charge >= 0.3 is 0 Å². The monoisotopic (exact) mass is 381 g/mol. The van der Waals surface area contributed by atoms with Crippen molar-refractivity contribution in [1.29, 1.82) is 0 Å². The van der Waals surface area contributed by atoms with E-state index in [-0.39, 0.29) is 12.0 Å². The van der Waals surface area contributed by atoms with Gasteiger partial charge in [0.1, 0.15) is 0 Å². The molecule has 124 valence electrons. The van der Waals surface area contributed by atoms with Gasteiger partial charge in [0.05, 0.1) is 17.0 Å². The van der Waals surface area contributed by atoms with Crippen LogP contribution in [-0.2, 0) is 16.6 Å². The molecular weight excluding hydrogens is 362 g/mol. The molecule has 2 heterocycles. The van der Waals surface area contributed by atoms with E-state index in [0.717, 1.165) is 34.8 Å². The average molecular weight is 382 g/mol. The molecule has 1 fully saturated rings. The highest BCUT2D eigenvalue weighted by Crippen LogP contribution is 2.28. The molecule has 23 heavy (non-hydrogen) atoms. The van der Waals surface area contributed by atoms with Crippen LogP contribution in [0.1, 0.15) is 19.8 Å². The molecular formula is C16H20BrN3O3. The lowest BCUT2D eigenvalue weighted by atomic mass is 10.2. The third kappa shape index (κ3) is 3.67. The average Bonchev–Trinajstić information content (AvgIpc) is 3.14. The first-order valence-corrected chi connectivity index (χ1v) is 8.52. The van der Waals surface area contributed by atoms with Crippen LogP contribution in [0, 0.1) is 0 Å². The molecule has 1 aliphatic heterocycles. The van der Waals surface area contributed by atoms with Crippen LogP contribution in [0.2, 0.25) is 0 Å². The molecule has 7 heteroatoms. The number of ether oxygens (including phenoxy) is 2. The van der Waals surface area contributed by atoms with Crippen molar-refractivity contribution in [2.24, 2.45) is 7.05 Å². The van der Waals surface area contributed by atoms with Gasteiger partial charge in [0.15, 0.2) is 6.10 Å². The smallest absolute Gasteiger partial charge is 0.260 e. The number of amides is 1. The van der Waals surface area contributed by atoms with Gasteiger partial charge in [-0.1, -0.05) is 15.9 Å². The summed E-state index contributed by atoms with van der Waals surface area (Å²) >= 11 is 3.45. The van der Waals surface area contributed by atoms with Crippen molar-refractivity contribution in [2.45, 2.75) is 32.0 Å². The van der Waals surface area contributed by atoms with Gasteiger partial charge in [-0.3, -0.25) is 9.48 Å². The second kappa shape index (κ2) is 6.88. The van der Waals surface area contributed by atoms with Gasteiger partial charge in [0.2, 0.25) is 5.88 Å². The lowest BCUT2D eigenvalue weighted by Gasteiger charge is -2.15. The number of nitrogens with one attached hydrogen (secondary N) is 1. The number of hydrogen-bond donors (Lipinski definition) is 1. The molecule has 0 bridgehead atoms. The summed E-state index contributed by atoms with van der Waals surface area (Å²) in [4.78, 5) is 12.2. The summed E-state index contributed by atoms with van der Waals surface area (Å²) < 4.78 is 14.0. The zero-order chi connectivity index (χ0) is 16.4. The van der Waals surface area contributed by atoms with Crippen molar-refractivity contribution < 1.29 is 14.3 Å². The lowest BCUT2D eigenvalue weighted by Crippen LogP contribution is -2.40. The molecule has 1 aromatic carbocycles. The molecule has 0 radical (unpaired) electrons. The number of aryl methyl sites for hydroxylation is 1. The number of fused-ring (bicyclic) bond motifs is 1. The summed E-state index contributed by atoms with van der Waals surface area (Å²) in [5, 5.41) is 8.11. The SMILES string of the molecule is C[C@@H](Oc1nn(C)c2ccc(Br)cc12)C(=O)NC[C@@H]1CCCO1. The Kier molecular flexibility index (Phi) is 4.87. The number of hydrogen-bond acceptors (Lipinski definition) is 4. The fourth-order valence-electron chi connectivity index (χ4n) is 2.68. The van der Waals surface area contributed by atoms with E-state index in [9.17, 15) is 4.79 Å². The van der Waals surface area contributed by atoms with E-state index < -0.39 is 6.10 Å². The Morgan fingerprint density at radius 3 is 3.17 bits per heavy atom. The van der Waals surface area contributed by atoms with Gasteiger partial charge in [0, 0.05) is 24.7 Å². The molecule has 0 saturated carbocycles. The highest BCUT2D eigenvalue weighted by Gasteiger charge is 2.21. The third-order valence-corrected chi connectivity index (χ3v) is 4.46. The molecule has 2 aromatic rings. The fourth-order valence-corrected chi connectivity index (χ4v) is 3.04. The van der Waals surface area contributed by atoms with Gasteiger partial charge in [0.25, 0.3) is 5.91 Å².